The molecular formula is C39H38F3N6O5+. The maximum atomic E-state index is 17.1. The maximum absolute atomic E-state index is 17.1. The molecule has 2 N–H and O–H groups in total. The van der Waals surface area contributed by atoms with Crippen molar-refractivity contribution in [3.63, 3.8) is 0 Å². The number of aromatic nitrogens is 3. The number of cyclic esters (lactones) is 1. The smallest absolute Gasteiger partial charge is 0.319 e. The minimum Gasteiger partial charge on any atom is -0.508 e. The van der Waals surface area contributed by atoms with Gasteiger partial charge in [-0.2, -0.15) is 9.97 Å². The van der Waals surface area contributed by atoms with E-state index in [1.165, 1.54) is 30.5 Å². The van der Waals surface area contributed by atoms with Gasteiger partial charge in [0.2, 0.25) is 0 Å². The van der Waals surface area contributed by atoms with Crippen molar-refractivity contribution in [2.24, 2.45) is 5.41 Å². The van der Waals surface area contributed by atoms with Crippen molar-refractivity contribution in [3.8, 4) is 35.4 Å². The third-order valence-corrected chi connectivity index (χ3v) is 12.2. The molecule has 5 saturated heterocycles. The summed E-state index contributed by atoms with van der Waals surface area (Å²) in [5.41, 5.74) is -1.66. The number of alkyl halides is 1. The Kier molecular flexibility index (Phi) is 7.58. The number of carbonyl (C=O) groups excluding carboxylic acids is 2. The van der Waals surface area contributed by atoms with Crippen LogP contribution in [0.25, 0.3) is 32.9 Å². The van der Waals surface area contributed by atoms with Crippen molar-refractivity contribution in [2.75, 3.05) is 37.7 Å². The zero-order valence-corrected chi connectivity index (χ0v) is 29.3. The van der Waals surface area contributed by atoms with E-state index in [1.54, 1.807) is 13.8 Å². The van der Waals surface area contributed by atoms with Crippen LogP contribution in [0.15, 0.2) is 30.5 Å². The number of terminal acetylenes is 1. The largest absolute Gasteiger partial charge is 0.508 e. The highest BCUT2D eigenvalue weighted by molar-refractivity contribution is 6.03. The van der Waals surface area contributed by atoms with E-state index in [0.29, 0.717) is 37.3 Å². The number of nitrogens with zero attached hydrogens (tertiary/aromatic N) is 5. The van der Waals surface area contributed by atoms with Crippen LogP contribution in [0.5, 0.6) is 11.8 Å². The number of piperazine rings is 1. The number of anilines is 1. The molecule has 2 bridgehead atoms. The van der Waals surface area contributed by atoms with E-state index < -0.39 is 40.8 Å². The summed E-state index contributed by atoms with van der Waals surface area (Å²) >= 11 is 0. The number of benzene rings is 2. The van der Waals surface area contributed by atoms with Gasteiger partial charge in [-0.1, -0.05) is 12.0 Å². The summed E-state index contributed by atoms with van der Waals surface area (Å²) in [7, 11) is 0. The molecule has 14 heteroatoms. The Morgan fingerprint density at radius 1 is 1.19 bits per heavy atom. The molecular weight excluding hydrogens is 689 g/mol. The second-order valence-electron chi connectivity index (χ2n) is 15.7. The number of halogens is 3. The number of carbonyl (C=O) groups is 2. The molecule has 6 atom stereocenters. The summed E-state index contributed by atoms with van der Waals surface area (Å²) < 4.78 is 58.2. The molecule has 0 saturated carbocycles. The highest BCUT2D eigenvalue weighted by Crippen LogP contribution is 2.43. The lowest BCUT2D eigenvalue weighted by molar-refractivity contribution is -0.926. The van der Waals surface area contributed by atoms with Crippen molar-refractivity contribution < 1.29 is 42.2 Å². The zero-order valence-electron chi connectivity index (χ0n) is 29.3. The molecule has 1 unspecified atom stereocenters. The van der Waals surface area contributed by atoms with Crippen molar-refractivity contribution >= 4 is 39.4 Å². The summed E-state index contributed by atoms with van der Waals surface area (Å²) in [6, 6.07) is 4.83. The van der Waals surface area contributed by atoms with Crippen LogP contribution >= 0.6 is 0 Å². The van der Waals surface area contributed by atoms with Crippen LogP contribution < -0.4 is 14.5 Å². The number of hydrogen-bond donors (Lipinski definition) is 2. The van der Waals surface area contributed by atoms with Gasteiger partial charge in [-0.25, -0.2) is 13.2 Å². The Balaban J connectivity index is 1.13. The first-order chi connectivity index (χ1) is 25.4. The van der Waals surface area contributed by atoms with E-state index in [4.69, 9.17) is 20.9 Å². The van der Waals surface area contributed by atoms with E-state index in [2.05, 4.69) is 15.9 Å². The molecule has 1 amide bonds. The second-order valence-corrected chi connectivity index (χ2v) is 15.7. The topological polar surface area (TPSA) is 122 Å². The van der Waals surface area contributed by atoms with Crippen LogP contribution in [0.1, 0.15) is 51.5 Å². The monoisotopic (exact) mass is 727 g/mol. The van der Waals surface area contributed by atoms with Crippen LogP contribution in [0, 0.1) is 29.4 Å². The summed E-state index contributed by atoms with van der Waals surface area (Å²) in [4.78, 5) is 44.6. The van der Waals surface area contributed by atoms with Crippen LogP contribution in [0.3, 0.4) is 0 Å². The molecule has 5 fully saturated rings. The summed E-state index contributed by atoms with van der Waals surface area (Å²) in [6.07, 6.45) is 8.90. The fourth-order valence-corrected chi connectivity index (χ4v) is 9.50. The van der Waals surface area contributed by atoms with Gasteiger partial charge in [0.1, 0.15) is 52.7 Å². The van der Waals surface area contributed by atoms with E-state index in [9.17, 15) is 23.5 Å². The highest BCUT2D eigenvalue weighted by Gasteiger charge is 2.58. The number of phenols is 1. The summed E-state index contributed by atoms with van der Waals surface area (Å²) in [5, 5.41) is 11.5. The number of quaternary nitrogens is 1. The number of aromatic hydroxyl groups is 1. The number of esters is 1. The van der Waals surface area contributed by atoms with Gasteiger partial charge in [-0.05, 0) is 50.3 Å². The van der Waals surface area contributed by atoms with Crippen LogP contribution in [-0.2, 0) is 14.3 Å². The fourth-order valence-electron chi connectivity index (χ4n) is 9.50. The third kappa shape index (κ3) is 5.10. The second kappa shape index (κ2) is 11.9. The number of nitrogens with one attached hydrogen (secondary N) is 1. The first-order valence-electron chi connectivity index (χ1n) is 18.1. The van der Waals surface area contributed by atoms with Crippen molar-refractivity contribution in [3.05, 3.63) is 47.7 Å². The standard InChI is InChI=1S/C39H37F3N6O5/c1-4-25-28(41)9-6-20-12-24(49)13-26(29(20)25)31-30(42)32-27(15-43-31)34(45-37(44-32)52-19-39-10-5-11-47(39)16-21(40)14-39)46-17-22-7-8-23(18-46)48(22)35(50)33-38(2,3)36(51)53-33/h1,6,9,12-13,15,21-23,33,49H,5,7-8,10-11,14,16-19H2,2-3H3/p+1/t21-,22-,23+,33+,39+/m1/s1. The molecule has 0 radical (unpaired) electrons. The molecule has 2 aromatic heterocycles. The zero-order chi connectivity index (χ0) is 37.0. The predicted octanol–water partition coefficient (Wildman–Crippen LogP) is 3.48. The maximum Gasteiger partial charge on any atom is 0.319 e. The van der Waals surface area contributed by atoms with Crippen LogP contribution in [0.2, 0.25) is 0 Å². The van der Waals surface area contributed by atoms with Crippen molar-refractivity contribution in [1.29, 1.82) is 0 Å². The molecule has 11 nitrogen and oxygen atoms in total. The van der Waals surface area contributed by atoms with Gasteiger partial charge in [0.25, 0.3) is 5.91 Å². The fraction of sp³-hybridized carbons (Fsp3) is 0.462. The molecule has 9 rings (SSSR count). The first-order valence-corrected chi connectivity index (χ1v) is 18.1. The average molecular weight is 728 g/mol. The molecule has 7 heterocycles. The molecule has 5 aliphatic heterocycles. The molecule has 5 aliphatic rings. The minimum atomic E-state index is -0.938. The van der Waals surface area contributed by atoms with Gasteiger partial charge in [0.15, 0.2) is 18.1 Å². The number of hydrogen-bond acceptors (Lipinski definition) is 9. The quantitative estimate of drug-likeness (QED) is 0.227. The first kappa shape index (κ1) is 33.7. The van der Waals surface area contributed by atoms with Crippen LogP contribution in [0.4, 0.5) is 19.0 Å². The lowest BCUT2D eigenvalue weighted by Crippen LogP contribution is -3.16. The van der Waals surface area contributed by atoms with Crippen molar-refractivity contribution in [2.45, 2.75) is 75.8 Å². The van der Waals surface area contributed by atoms with Gasteiger partial charge >= 0.3 is 12.0 Å². The molecule has 2 aromatic carbocycles. The number of phenolic OH excluding ortho intramolecular Hbond substituents is 1. The highest BCUT2D eigenvalue weighted by atomic mass is 19.1. The Labute approximate surface area is 303 Å². The molecule has 274 valence electrons. The number of fused-ring (bicyclic) bond motifs is 5. The van der Waals surface area contributed by atoms with Crippen molar-refractivity contribution in [1.82, 2.24) is 19.9 Å². The van der Waals surface area contributed by atoms with Gasteiger partial charge in [-0.3, -0.25) is 14.6 Å². The number of ether oxygens (including phenoxy) is 2. The van der Waals surface area contributed by atoms with E-state index in [0.717, 1.165) is 37.1 Å². The SMILES string of the molecule is C#Cc1c(F)ccc2cc(O)cc(-c3ncc4c(N5C[C@H]6CC[C@@H](C5)N6C(=O)[C@@H]5OC(=O)C5(C)C)nc(OC[C@@]56CCC[NH+]5C[C@H](F)C6)nc4c3F)c12. The normalized spacial score (nSPS) is 28.5. The van der Waals surface area contributed by atoms with E-state index >= 15 is 4.39 Å². The lowest BCUT2D eigenvalue weighted by atomic mass is 9.80. The Morgan fingerprint density at radius 3 is 2.68 bits per heavy atom. The third-order valence-electron chi connectivity index (χ3n) is 12.2. The molecule has 0 spiro atoms. The average Bonchev–Trinajstić information content (AvgIpc) is 3.75. The van der Waals surface area contributed by atoms with E-state index in [-0.39, 0.29) is 69.5 Å². The van der Waals surface area contributed by atoms with Gasteiger partial charge in [0, 0.05) is 61.6 Å². The van der Waals surface area contributed by atoms with E-state index in [1.807, 2.05) is 9.80 Å². The van der Waals surface area contributed by atoms with Gasteiger partial charge in [0.05, 0.1) is 17.5 Å². The Hall–Kier alpha value is -5.16. The van der Waals surface area contributed by atoms with Gasteiger partial charge < -0.3 is 29.3 Å². The lowest BCUT2D eigenvalue weighted by Gasteiger charge is -2.47. The Bertz CT molecular complexity index is 2270. The molecule has 0 aliphatic carbocycles. The number of pyridine rings is 1. The molecule has 53 heavy (non-hydrogen) atoms. The summed E-state index contributed by atoms with van der Waals surface area (Å²) in [6.45, 7) is 5.56. The Morgan fingerprint density at radius 2 is 1.96 bits per heavy atom. The molecule has 4 aromatic rings. The predicted molar refractivity (Wildman–Crippen MR) is 187 cm³/mol. The number of rotatable bonds is 6. The summed E-state index contributed by atoms with van der Waals surface area (Å²) in [5.74, 6) is 0.376. The van der Waals surface area contributed by atoms with Crippen LogP contribution in [-0.4, -0.2) is 99.5 Å². The number of amides is 1. The van der Waals surface area contributed by atoms with Gasteiger partial charge in [-0.15, -0.1) is 6.42 Å². The minimum absolute atomic E-state index is 0.0864.